The van der Waals surface area contributed by atoms with Crippen LogP contribution in [0.2, 0.25) is 5.02 Å². The second-order valence-corrected chi connectivity index (χ2v) is 9.39. The number of ether oxygens (including phenoxy) is 1. The van der Waals surface area contributed by atoms with Crippen LogP contribution in [0.15, 0.2) is 48.5 Å². The van der Waals surface area contributed by atoms with Crippen molar-refractivity contribution in [2.45, 2.75) is 39.3 Å². The van der Waals surface area contributed by atoms with Gasteiger partial charge in [0.25, 0.3) is 0 Å². The molecule has 1 heterocycles. The zero-order valence-electron chi connectivity index (χ0n) is 21.1. The number of halogens is 1. The van der Waals surface area contributed by atoms with E-state index in [0.717, 1.165) is 6.42 Å². The minimum absolute atomic E-state index is 0.0708. The molecular formula is C26H34ClN5O4. The number of urea groups is 2. The van der Waals surface area contributed by atoms with Crippen molar-refractivity contribution in [2.75, 3.05) is 37.4 Å². The molecule has 194 valence electrons. The van der Waals surface area contributed by atoms with E-state index in [1.165, 1.54) is 0 Å². The quantitative estimate of drug-likeness (QED) is 0.499. The summed E-state index contributed by atoms with van der Waals surface area (Å²) in [6.45, 7) is 6.95. The molecule has 3 N–H and O–H groups in total. The standard InChI is InChI=1S/C26H34ClN5O4/c1-5-17(2)23(30-25(34)28-20-9-11-22(36-4)12-10-20)24(33)31-13-14-32(18(3)16-31)26(35)29-21-8-6-7-19(27)15-21/h6-12,15,17-18,23H,5,13-14,16H2,1-4H3,(H,29,35)(H2,28,30,34). The van der Waals surface area contributed by atoms with Gasteiger partial charge in [-0.3, -0.25) is 4.79 Å². The van der Waals surface area contributed by atoms with Crippen LogP contribution in [0.4, 0.5) is 21.0 Å². The van der Waals surface area contributed by atoms with Crippen molar-refractivity contribution in [1.82, 2.24) is 15.1 Å². The summed E-state index contributed by atoms with van der Waals surface area (Å²) < 4.78 is 5.14. The Bertz CT molecular complexity index is 1060. The van der Waals surface area contributed by atoms with Crippen molar-refractivity contribution in [3.8, 4) is 5.75 Å². The van der Waals surface area contributed by atoms with Crippen molar-refractivity contribution in [1.29, 1.82) is 0 Å². The van der Waals surface area contributed by atoms with Gasteiger partial charge < -0.3 is 30.5 Å². The second kappa shape index (κ2) is 12.5. The van der Waals surface area contributed by atoms with Crippen LogP contribution < -0.4 is 20.7 Å². The fourth-order valence-electron chi connectivity index (χ4n) is 4.08. The third-order valence-corrected chi connectivity index (χ3v) is 6.62. The van der Waals surface area contributed by atoms with E-state index in [9.17, 15) is 14.4 Å². The zero-order chi connectivity index (χ0) is 26.2. The Kier molecular flexibility index (Phi) is 9.41. The lowest BCUT2D eigenvalue weighted by molar-refractivity contribution is -0.136. The van der Waals surface area contributed by atoms with Crippen molar-refractivity contribution < 1.29 is 19.1 Å². The zero-order valence-corrected chi connectivity index (χ0v) is 21.8. The van der Waals surface area contributed by atoms with E-state index in [1.54, 1.807) is 65.4 Å². The van der Waals surface area contributed by atoms with Gasteiger partial charge >= 0.3 is 12.1 Å². The lowest BCUT2D eigenvalue weighted by Gasteiger charge is -2.41. The van der Waals surface area contributed by atoms with Crippen LogP contribution in [0.25, 0.3) is 0 Å². The number of nitrogens with one attached hydrogen (secondary N) is 3. The molecule has 1 saturated heterocycles. The molecule has 0 aliphatic carbocycles. The summed E-state index contributed by atoms with van der Waals surface area (Å²) in [5, 5.41) is 9.02. The number of rotatable bonds is 7. The second-order valence-electron chi connectivity index (χ2n) is 8.96. The number of carbonyl (C=O) groups excluding carboxylic acids is 3. The lowest BCUT2D eigenvalue weighted by atomic mass is 9.97. The molecule has 10 heteroatoms. The molecule has 3 unspecified atom stereocenters. The Labute approximate surface area is 217 Å². The average molecular weight is 516 g/mol. The largest absolute Gasteiger partial charge is 0.497 e. The molecule has 0 radical (unpaired) electrons. The Hall–Kier alpha value is -3.46. The van der Waals surface area contributed by atoms with Crippen molar-refractivity contribution in [3.05, 3.63) is 53.6 Å². The van der Waals surface area contributed by atoms with Crippen LogP contribution in [0, 0.1) is 5.92 Å². The molecule has 0 saturated carbocycles. The highest BCUT2D eigenvalue weighted by atomic mass is 35.5. The number of anilines is 2. The van der Waals surface area contributed by atoms with Gasteiger partial charge in [-0.25, -0.2) is 9.59 Å². The van der Waals surface area contributed by atoms with E-state index in [-0.39, 0.29) is 23.9 Å². The van der Waals surface area contributed by atoms with Crippen molar-refractivity contribution >= 4 is 40.9 Å². The Morgan fingerprint density at radius 2 is 1.81 bits per heavy atom. The third-order valence-electron chi connectivity index (χ3n) is 6.39. The van der Waals surface area contributed by atoms with Crippen LogP contribution in [-0.4, -0.2) is 66.6 Å². The first kappa shape index (κ1) is 27.1. The van der Waals surface area contributed by atoms with Crippen molar-refractivity contribution in [3.63, 3.8) is 0 Å². The molecule has 0 spiro atoms. The average Bonchev–Trinajstić information content (AvgIpc) is 2.86. The summed E-state index contributed by atoms with van der Waals surface area (Å²) in [5.41, 5.74) is 1.21. The normalized spacial score (nSPS) is 17.1. The first-order chi connectivity index (χ1) is 17.2. The van der Waals surface area contributed by atoms with Crippen LogP contribution in [-0.2, 0) is 4.79 Å². The molecule has 1 aliphatic rings. The Morgan fingerprint density at radius 1 is 1.08 bits per heavy atom. The fourth-order valence-corrected chi connectivity index (χ4v) is 4.27. The number of hydrogen-bond acceptors (Lipinski definition) is 4. The Balaban J connectivity index is 1.60. The number of amides is 5. The van der Waals surface area contributed by atoms with Gasteiger partial charge in [0.1, 0.15) is 11.8 Å². The monoisotopic (exact) mass is 515 g/mol. The maximum absolute atomic E-state index is 13.5. The number of piperazine rings is 1. The highest BCUT2D eigenvalue weighted by Crippen LogP contribution is 2.20. The Morgan fingerprint density at radius 3 is 2.42 bits per heavy atom. The van der Waals surface area contributed by atoms with E-state index in [1.807, 2.05) is 20.8 Å². The summed E-state index contributed by atoms with van der Waals surface area (Å²) in [4.78, 5) is 42.4. The van der Waals surface area contributed by atoms with Gasteiger partial charge in [0, 0.05) is 42.1 Å². The predicted molar refractivity (Wildman–Crippen MR) is 142 cm³/mol. The van der Waals surface area contributed by atoms with Gasteiger partial charge in [0.15, 0.2) is 0 Å². The summed E-state index contributed by atoms with van der Waals surface area (Å²) in [7, 11) is 1.57. The van der Waals surface area contributed by atoms with E-state index in [0.29, 0.717) is 41.8 Å². The van der Waals surface area contributed by atoms with Gasteiger partial charge in [-0.2, -0.15) is 0 Å². The summed E-state index contributed by atoms with van der Waals surface area (Å²) >= 11 is 6.01. The molecule has 1 aliphatic heterocycles. The molecule has 3 atom stereocenters. The highest BCUT2D eigenvalue weighted by molar-refractivity contribution is 6.30. The minimum Gasteiger partial charge on any atom is -0.497 e. The van der Waals surface area contributed by atoms with Crippen LogP contribution in [0.1, 0.15) is 27.2 Å². The molecule has 0 aromatic heterocycles. The third kappa shape index (κ3) is 7.04. The fraction of sp³-hybridized carbons (Fsp3) is 0.423. The number of methoxy groups -OCH3 is 1. The summed E-state index contributed by atoms with van der Waals surface area (Å²) in [6.07, 6.45) is 0.719. The van der Waals surface area contributed by atoms with E-state index >= 15 is 0 Å². The van der Waals surface area contributed by atoms with Gasteiger partial charge in [0.05, 0.1) is 7.11 Å². The number of nitrogens with zero attached hydrogens (tertiary/aromatic N) is 2. The summed E-state index contributed by atoms with van der Waals surface area (Å²) in [6, 6.07) is 12.3. The van der Waals surface area contributed by atoms with Gasteiger partial charge in [-0.15, -0.1) is 0 Å². The lowest BCUT2D eigenvalue weighted by Crippen LogP contribution is -2.60. The number of hydrogen-bond donors (Lipinski definition) is 3. The molecule has 5 amide bonds. The minimum atomic E-state index is -0.688. The maximum Gasteiger partial charge on any atom is 0.322 e. The van der Waals surface area contributed by atoms with Crippen LogP contribution in [0.3, 0.4) is 0 Å². The first-order valence-corrected chi connectivity index (χ1v) is 12.4. The number of carbonyl (C=O) groups is 3. The van der Waals surface area contributed by atoms with E-state index in [2.05, 4.69) is 16.0 Å². The van der Waals surface area contributed by atoms with E-state index < -0.39 is 12.1 Å². The molecule has 2 aromatic rings. The van der Waals surface area contributed by atoms with Gasteiger partial charge in [-0.05, 0) is 55.3 Å². The van der Waals surface area contributed by atoms with Gasteiger partial charge in [-0.1, -0.05) is 37.9 Å². The van der Waals surface area contributed by atoms with Gasteiger partial charge in [0.2, 0.25) is 5.91 Å². The number of benzene rings is 2. The van der Waals surface area contributed by atoms with Crippen molar-refractivity contribution in [2.24, 2.45) is 5.92 Å². The van der Waals surface area contributed by atoms with E-state index in [4.69, 9.17) is 16.3 Å². The SMILES string of the molecule is CCC(C)C(NC(=O)Nc1ccc(OC)cc1)C(=O)N1CCN(C(=O)Nc2cccc(Cl)c2)C(C)C1. The predicted octanol–water partition coefficient (Wildman–Crippen LogP) is 4.65. The molecule has 3 rings (SSSR count). The first-order valence-electron chi connectivity index (χ1n) is 12.0. The topological polar surface area (TPSA) is 103 Å². The molecule has 36 heavy (non-hydrogen) atoms. The molecule has 0 bridgehead atoms. The molecule has 9 nitrogen and oxygen atoms in total. The smallest absolute Gasteiger partial charge is 0.322 e. The highest BCUT2D eigenvalue weighted by Gasteiger charge is 2.35. The molecule has 1 fully saturated rings. The summed E-state index contributed by atoms with van der Waals surface area (Å²) in [5.74, 6) is 0.456. The van der Waals surface area contributed by atoms with Crippen LogP contribution in [0.5, 0.6) is 5.75 Å². The van der Waals surface area contributed by atoms with Crippen LogP contribution >= 0.6 is 11.6 Å². The molecular weight excluding hydrogens is 482 g/mol. The maximum atomic E-state index is 13.5. The molecule has 2 aromatic carbocycles.